The van der Waals surface area contributed by atoms with Gasteiger partial charge in [-0.1, -0.05) is 11.6 Å². The van der Waals surface area contributed by atoms with Crippen LogP contribution in [0.3, 0.4) is 0 Å². The van der Waals surface area contributed by atoms with Crippen molar-refractivity contribution in [2.75, 3.05) is 37.6 Å². The lowest BCUT2D eigenvalue weighted by Gasteiger charge is -2.36. The van der Waals surface area contributed by atoms with Gasteiger partial charge in [-0.05, 0) is 56.3 Å². The monoisotopic (exact) mass is 454 g/mol. The zero-order valence-electron chi connectivity index (χ0n) is 18.3. The fraction of sp³-hybridized carbons (Fsp3) is 0.333. The first-order valence-electron chi connectivity index (χ1n) is 10.7. The van der Waals surface area contributed by atoms with Crippen molar-refractivity contribution in [1.29, 1.82) is 0 Å². The molecule has 1 fully saturated rings. The van der Waals surface area contributed by atoms with Crippen LogP contribution in [0, 0.1) is 13.8 Å². The fourth-order valence-electron chi connectivity index (χ4n) is 4.06. The Morgan fingerprint density at radius 1 is 1.06 bits per heavy atom. The van der Waals surface area contributed by atoms with Gasteiger partial charge in [-0.15, -0.1) is 0 Å². The van der Waals surface area contributed by atoms with E-state index in [4.69, 9.17) is 16.0 Å². The van der Waals surface area contributed by atoms with Crippen LogP contribution in [-0.4, -0.2) is 54.0 Å². The summed E-state index contributed by atoms with van der Waals surface area (Å²) in [6, 6.07) is 13.3. The summed E-state index contributed by atoms with van der Waals surface area (Å²) in [5.41, 5.74) is 3.49. The Labute approximate surface area is 192 Å². The minimum atomic E-state index is -0.239. The van der Waals surface area contributed by atoms with E-state index in [9.17, 15) is 9.59 Å². The van der Waals surface area contributed by atoms with E-state index in [1.54, 1.807) is 11.2 Å². The van der Waals surface area contributed by atoms with Crippen LogP contribution in [0.4, 0.5) is 5.69 Å². The minimum absolute atomic E-state index is 0.0123. The van der Waals surface area contributed by atoms with Gasteiger partial charge < -0.3 is 24.1 Å². The van der Waals surface area contributed by atoms with Crippen LogP contribution < -0.4 is 10.2 Å². The molecule has 2 aromatic heterocycles. The van der Waals surface area contributed by atoms with E-state index < -0.39 is 0 Å². The maximum Gasteiger partial charge on any atom is 0.253 e. The topological polar surface area (TPSA) is 70.7 Å². The van der Waals surface area contributed by atoms with Crippen molar-refractivity contribution in [1.82, 2.24) is 14.8 Å². The predicted molar refractivity (Wildman–Crippen MR) is 124 cm³/mol. The first-order chi connectivity index (χ1) is 15.4. The molecule has 168 valence electrons. The Bertz CT molecular complexity index is 1080. The van der Waals surface area contributed by atoms with Crippen molar-refractivity contribution in [3.8, 4) is 0 Å². The lowest BCUT2D eigenvalue weighted by atomic mass is 10.2. The van der Waals surface area contributed by atoms with E-state index in [-0.39, 0.29) is 18.4 Å². The Morgan fingerprint density at radius 3 is 2.44 bits per heavy atom. The van der Waals surface area contributed by atoms with E-state index >= 15 is 0 Å². The number of carbonyl (C=O) groups is 2. The summed E-state index contributed by atoms with van der Waals surface area (Å²) in [6.45, 7) is 7.14. The molecule has 8 heteroatoms. The Balaban J connectivity index is 1.30. The molecule has 1 N–H and O–H groups in total. The standard InChI is InChI=1S/C24H27ClN4O3/c1-17-14-22(18(2)29(17)16-21-4-3-13-32-21)24(31)26-15-23(30)28-11-9-27(10-12-28)20-7-5-19(25)6-8-20/h3-8,13-14H,9-12,15-16H2,1-2H3,(H,26,31). The molecule has 0 spiro atoms. The number of hydrogen-bond acceptors (Lipinski definition) is 4. The van der Waals surface area contributed by atoms with Crippen molar-refractivity contribution in [2.24, 2.45) is 0 Å². The molecule has 0 bridgehead atoms. The Kier molecular flexibility index (Phi) is 6.55. The van der Waals surface area contributed by atoms with Gasteiger partial charge in [0.1, 0.15) is 5.76 Å². The Hall–Kier alpha value is -3.19. The van der Waals surface area contributed by atoms with Crippen molar-refractivity contribution >= 4 is 29.1 Å². The zero-order chi connectivity index (χ0) is 22.7. The van der Waals surface area contributed by atoms with E-state index in [1.807, 2.05) is 60.9 Å². The van der Waals surface area contributed by atoms with Crippen LogP contribution in [0.25, 0.3) is 0 Å². The molecule has 0 saturated carbocycles. The Morgan fingerprint density at radius 2 is 1.78 bits per heavy atom. The molecule has 2 amide bonds. The second-order valence-corrected chi connectivity index (χ2v) is 8.41. The number of aromatic nitrogens is 1. The quantitative estimate of drug-likeness (QED) is 0.619. The number of halogens is 1. The molecule has 3 aromatic rings. The molecule has 1 aliphatic rings. The van der Waals surface area contributed by atoms with Crippen LogP contribution in [0.2, 0.25) is 5.02 Å². The first kappa shape index (κ1) is 22.0. The molecule has 0 atom stereocenters. The highest BCUT2D eigenvalue weighted by atomic mass is 35.5. The van der Waals surface area contributed by atoms with E-state index in [0.29, 0.717) is 30.2 Å². The third-order valence-electron chi connectivity index (χ3n) is 5.94. The number of aryl methyl sites for hydroxylation is 1. The lowest BCUT2D eigenvalue weighted by molar-refractivity contribution is -0.130. The third kappa shape index (κ3) is 4.83. The second kappa shape index (κ2) is 9.53. The molecule has 1 aliphatic heterocycles. The number of piperazine rings is 1. The highest BCUT2D eigenvalue weighted by Crippen LogP contribution is 2.20. The number of rotatable bonds is 6. The number of furan rings is 1. The molecule has 1 saturated heterocycles. The molecule has 0 unspecified atom stereocenters. The fourth-order valence-corrected chi connectivity index (χ4v) is 4.19. The molecule has 4 rings (SSSR count). The van der Waals surface area contributed by atoms with Gasteiger partial charge in [-0.2, -0.15) is 0 Å². The SMILES string of the molecule is Cc1cc(C(=O)NCC(=O)N2CCN(c3ccc(Cl)cc3)CC2)c(C)n1Cc1ccco1. The molecule has 0 radical (unpaired) electrons. The van der Waals surface area contributed by atoms with Gasteiger partial charge in [0, 0.05) is 48.3 Å². The maximum atomic E-state index is 12.7. The number of amides is 2. The maximum absolute atomic E-state index is 12.7. The highest BCUT2D eigenvalue weighted by molar-refractivity contribution is 6.30. The summed E-state index contributed by atoms with van der Waals surface area (Å²) >= 11 is 5.96. The number of anilines is 1. The summed E-state index contributed by atoms with van der Waals surface area (Å²) in [6.07, 6.45) is 1.64. The number of nitrogens with one attached hydrogen (secondary N) is 1. The average Bonchev–Trinajstić information content (AvgIpc) is 3.42. The lowest BCUT2D eigenvalue weighted by Crippen LogP contribution is -2.51. The van der Waals surface area contributed by atoms with Crippen LogP contribution in [0.15, 0.2) is 53.1 Å². The van der Waals surface area contributed by atoms with Crippen molar-refractivity contribution in [3.05, 3.63) is 76.5 Å². The van der Waals surface area contributed by atoms with Crippen molar-refractivity contribution in [2.45, 2.75) is 20.4 Å². The van der Waals surface area contributed by atoms with Crippen LogP contribution >= 0.6 is 11.6 Å². The largest absolute Gasteiger partial charge is 0.467 e. The molecule has 0 aliphatic carbocycles. The zero-order valence-corrected chi connectivity index (χ0v) is 19.1. The van der Waals surface area contributed by atoms with Crippen LogP contribution in [0.1, 0.15) is 27.5 Å². The molecule has 3 heterocycles. The number of carbonyl (C=O) groups excluding carboxylic acids is 2. The van der Waals surface area contributed by atoms with Gasteiger partial charge >= 0.3 is 0 Å². The summed E-state index contributed by atoms with van der Waals surface area (Å²) in [5.74, 6) is 0.516. The summed E-state index contributed by atoms with van der Waals surface area (Å²) in [7, 11) is 0. The molecule has 7 nitrogen and oxygen atoms in total. The molecule has 32 heavy (non-hydrogen) atoms. The van der Waals surface area contributed by atoms with Gasteiger partial charge in [0.15, 0.2) is 0 Å². The van der Waals surface area contributed by atoms with Gasteiger partial charge in [0.25, 0.3) is 5.91 Å². The second-order valence-electron chi connectivity index (χ2n) is 7.98. The molecular formula is C24H27ClN4O3. The van der Waals surface area contributed by atoms with Gasteiger partial charge in [0.05, 0.1) is 24.9 Å². The first-order valence-corrected chi connectivity index (χ1v) is 11.1. The summed E-state index contributed by atoms with van der Waals surface area (Å²) in [5, 5.41) is 3.50. The smallest absolute Gasteiger partial charge is 0.253 e. The van der Waals surface area contributed by atoms with E-state index in [1.165, 1.54) is 0 Å². The number of hydrogen-bond donors (Lipinski definition) is 1. The minimum Gasteiger partial charge on any atom is -0.467 e. The molecular weight excluding hydrogens is 428 g/mol. The third-order valence-corrected chi connectivity index (χ3v) is 6.19. The van der Waals surface area contributed by atoms with Crippen LogP contribution in [-0.2, 0) is 11.3 Å². The highest BCUT2D eigenvalue weighted by Gasteiger charge is 2.23. The van der Waals surface area contributed by atoms with Gasteiger partial charge in [0.2, 0.25) is 5.91 Å². The van der Waals surface area contributed by atoms with Gasteiger partial charge in [-0.25, -0.2) is 0 Å². The van der Waals surface area contributed by atoms with Crippen LogP contribution in [0.5, 0.6) is 0 Å². The number of nitrogens with zero attached hydrogens (tertiary/aromatic N) is 3. The van der Waals surface area contributed by atoms with E-state index in [0.717, 1.165) is 35.9 Å². The predicted octanol–water partition coefficient (Wildman–Crippen LogP) is 3.48. The molecule has 1 aromatic carbocycles. The van der Waals surface area contributed by atoms with Crippen molar-refractivity contribution in [3.63, 3.8) is 0 Å². The summed E-state index contributed by atoms with van der Waals surface area (Å²) in [4.78, 5) is 29.4. The normalized spacial score (nSPS) is 14.0. The van der Waals surface area contributed by atoms with E-state index in [2.05, 4.69) is 10.2 Å². The number of benzene rings is 1. The van der Waals surface area contributed by atoms with Crippen molar-refractivity contribution < 1.29 is 14.0 Å². The summed E-state index contributed by atoms with van der Waals surface area (Å²) < 4.78 is 7.46. The average molecular weight is 455 g/mol. The van der Waals surface area contributed by atoms with Gasteiger partial charge in [-0.3, -0.25) is 9.59 Å².